The number of piperidine rings is 1. The SMILES string of the molecule is CC(C)c1nn(CC(=O)N[C@H]2CCC(=O)N(CC3CC3)C2)c(=O)c2cc(C3CC3)nn12. The summed E-state index contributed by atoms with van der Waals surface area (Å²) in [5.74, 6) is 1.72. The van der Waals surface area contributed by atoms with Gasteiger partial charge < -0.3 is 10.2 Å². The van der Waals surface area contributed by atoms with Crippen molar-refractivity contribution in [3.63, 3.8) is 0 Å². The summed E-state index contributed by atoms with van der Waals surface area (Å²) in [6, 6.07) is 1.77. The minimum absolute atomic E-state index is 0.0599. The summed E-state index contributed by atoms with van der Waals surface area (Å²) in [5, 5.41) is 12.1. The van der Waals surface area contributed by atoms with E-state index in [9.17, 15) is 14.4 Å². The molecular weight excluding hydrogens is 396 g/mol. The fourth-order valence-corrected chi connectivity index (χ4v) is 4.35. The van der Waals surface area contributed by atoms with Crippen LogP contribution in [-0.2, 0) is 16.1 Å². The fraction of sp³-hybridized carbons (Fsp3) is 0.682. The number of amides is 2. The van der Waals surface area contributed by atoms with Crippen molar-refractivity contribution in [2.75, 3.05) is 13.1 Å². The summed E-state index contributed by atoms with van der Waals surface area (Å²) in [5.41, 5.74) is 1.12. The highest BCUT2D eigenvalue weighted by Gasteiger charge is 2.32. The molecule has 2 aliphatic carbocycles. The van der Waals surface area contributed by atoms with Gasteiger partial charge in [0.05, 0.1) is 5.69 Å². The lowest BCUT2D eigenvalue weighted by Crippen LogP contribution is -2.51. The molecule has 31 heavy (non-hydrogen) atoms. The molecule has 1 saturated heterocycles. The molecular formula is C22H30N6O3. The summed E-state index contributed by atoms with van der Waals surface area (Å²) in [6.45, 7) is 5.22. The van der Waals surface area contributed by atoms with Crippen molar-refractivity contribution >= 4 is 17.3 Å². The van der Waals surface area contributed by atoms with Crippen molar-refractivity contribution in [1.29, 1.82) is 0 Å². The van der Waals surface area contributed by atoms with Crippen LogP contribution in [0.15, 0.2) is 10.9 Å². The van der Waals surface area contributed by atoms with Gasteiger partial charge in [-0.1, -0.05) is 13.8 Å². The van der Waals surface area contributed by atoms with Gasteiger partial charge in [-0.3, -0.25) is 14.4 Å². The Morgan fingerprint density at radius 1 is 1.16 bits per heavy atom. The number of likely N-dealkylation sites (tertiary alicyclic amines) is 1. The highest BCUT2D eigenvalue weighted by Crippen LogP contribution is 2.39. The minimum Gasteiger partial charge on any atom is -0.350 e. The Morgan fingerprint density at radius 3 is 2.61 bits per heavy atom. The van der Waals surface area contributed by atoms with E-state index in [1.54, 1.807) is 4.52 Å². The first kappa shape index (κ1) is 20.2. The van der Waals surface area contributed by atoms with Crippen molar-refractivity contribution in [1.82, 2.24) is 29.6 Å². The molecule has 1 atom stereocenters. The molecule has 0 aromatic carbocycles. The molecule has 9 nitrogen and oxygen atoms in total. The Balaban J connectivity index is 1.32. The van der Waals surface area contributed by atoms with E-state index in [2.05, 4.69) is 15.5 Å². The minimum atomic E-state index is -0.298. The first-order chi connectivity index (χ1) is 14.9. The monoisotopic (exact) mass is 426 g/mol. The van der Waals surface area contributed by atoms with Crippen molar-refractivity contribution in [3.8, 4) is 0 Å². The third-order valence-electron chi connectivity index (χ3n) is 6.47. The maximum Gasteiger partial charge on any atom is 0.293 e. The summed E-state index contributed by atoms with van der Waals surface area (Å²) < 4.78 is 2.91. The molecule has 0 radical (unpaired) electrons. The van der Waals surface area contributed by atoms with E-state index in [1.807, 2.05) is 24.8 Å². The number of nitrogens with zero attached hydrogens (tertiary/aromatic N) is 5. The number of carbonyl (C=O) groups is 2. The van der Waals surface area contributed by atoms with E-state index in [-0.39, 0.29) is 35.9 Å². The molecule has 1 aliphatic heterocycles. The van der Waals surface area contributed by atoms with E-state index in [1.165, 1.54) is 17.5 Å². The zero-order chi connectivity index (χ0) is 21.7. The van der Waals surface area contributed by atoms with Crippen molar-refractivity contribution < 1.29 is 9.59 Å². The van der Waals surface area contributed by atoms with Crippen LogP contribution in [0.2, 0.25) is 0 Å². The molecule has 2 aromatic heterocycles. The van der Waals surface area contributed by atoms with Crippen LogP contribution < -0.4 is 10.9 Å². The Hall–Kier alpha value is -2.71. The molecule has 0 bridgehead atoms. The second-order valence-corrected chi connectivity index (χ2v) is 9.66. The molecule has 9 heteroatoms. The van der Waals surface area contributed by atoms with E-state index < -0.39 is 0 Å². The Kier molecular flexibility index (Phi) is 5.06. The largest absolute Gasteiger partial charge is 0.350 e. The number of aromatic nitrogens is 4. The van der Waals surface area contributed by atoms with Gasteiger partial charge in [-0.25, -0.2) is 9.20 Å². The molecule has 2 saturated carbocycles. The second kappa shape index (κ2) is 7.76. The zero-order valence-electron chi connectivity index (χ0n) is 18.2. The fourth-order valence-electron chi connectivity index (χ4n) is 4.35. The lowest BCUT2D eigenvalue weighted by Gasteiger charge is -2.33. The van der Waals surface area contributed by atoms with Crippen molar-refractivity contribution in [3.05, 3.63) is 27.9 Å². The van der Waals surface area contributed by atoms with Gasteiger partial charge in [0.15, 0.2) is 5.82 Å². The van der Waals surface area contributed by atoms with Gasteiger partial charge in [0.25, 0.3) is 5.56 Å². The van der Waals surface area contributed by atoms with Crippen LogP contribution in [-0.4, -0.2) is 55.2 Å². The topological polar surface area (TPSA) is 102 Å². The Labute approximate surface area is 180 Å². The van der Waals surface area contributed by atoms with Gasteiger partial charge in [0, 0.05) is 37.4 Å². The zero-order valence-corrected chi connectivity index (χ0v) is 18.2. The molecule has 2 amide bonds. The number of nitrogens with one attached hydrogen (secondary N) is 1. The van der Waals surface area contributed by atoms with Crippen molar-refractivity contribution in [2.24, 2.45) is 5.92 Å². The first-order valence-corrected chi connectivity index (χ1v) is 11.5. The van der Waals surface area contributed by atoms with Crippen LogP contribution in [0, 0.1) is 5.92 Å². The second-order valence-electron chi connectivity index (χ2n) is 9.66. The standard InChI is InChI=1S/C22H30N6O3/c1-13(2)21-25-27(22(31)18-9-17(15-5-6-15)24-28(18)21)12-19(29)23-16-7-8-20(30)26(11-16)10-14-3-4-14/h9,13-16H,3-8,10-12H2,1-2H3,(H,23,29)/t16-/m0/s1. The van der Waals surface area contributed by atoms with Gasteiger partial charge in [0.1, 0.15) is 12.1 Å². The molecule has 0 unspecified atom stereocenters. The Bertz CT molecular complexity index is 1080. The lowest BCUT2D eigenvalue weighted by atomic mass is 10.0. The number of hydrogen-bond acceptors (Lipinski definition) is 5. The number of fused-ring (bicyclic) bond motifs is 1. The third-order valence-corrected chi connectivity index (χ3v) is 6.47. The normalized spacial score (nSPS) is 21.8. The number of rotatable bonds is 7. The molecule has 3 fully saturated rings. The molecule has 1 N–H and O–H groups in total. The lowest BCUT2D eigenvalue weighted by molar-refractivity contribution is -0.135. The molecule has 2 aromatic rings. The predicted molar refractivity (Wildman–Crippen MR) is 114 cm³/mol. The smallest absolute Gasteiger partial charge is 0.293 e. The summed E-state index contributed by atoms with van der Waals surface area (Å²) in [6.07, 6.45) is 5.68. The van der Waals surface area contributed by atoms with Crippen LogP contribution in [0.1, 0.15) is 75.7 Å². The van der Waals surface area contributed by atoms with Crippen LogP contribution in [0.5, 0.6) is 0 Å². The molecule has 166 valence electrons. The highest BCUT2D eigenvalue weighted by molar-refractivity contribution is 5.79. The van der Waals surface area contributed by atoms with Crippen LogP contribution in [0.4, 0.5) is 0 Å². The predicted octanol–water partition coefficient (Wildman–Crippen LogP) is 1.41. The van der Waals surface area contributed by atoms with E-state index in [0.717, 1.165) is 25.1 Å². The number of carbonyl (C=O) groups excluding carboxylic acids is 2. The maximum absolute atomic E-state index is 13.0. The van der Waals surface area contributed by atoms with Gasteiger partial charge in [-0.15, -0.1) is 0 Å². The first-order valence-electron chi connectivity index (χ1n) is 11.5. The van der Waals surface area contributed by atoms with Crippen LogP contribution in [0.3, 0.4) is 0 Å². The number of hydrogen-bond donors (Lipinski definition) is 1. The molecule has 5 rings (SSSR count). The third kappa shape index (κ3) is 4.22. The molecule has 3 aliphatic rings. The van der Waals surface area contributed by atoms with Gasteiger partial charge in [-0.2, -0.15) is 10.2 Å². The Morgan fingerprint density at radius 2 is 1.94 bits per heavy atom. The quantitative estimate of drug-likeness (QED) is 0.721. The average molecular weight is 427 g/mol. The van der Waals surface area contributed by atoms with Crippen LogP contribution >= 0.6 is 0 Å². The molecule has 0 spiro atoms. The van der Waals surface area contributed by atoms with Gasteiger partial charge in [-0.05, 0) is 44.1 Å². The van der Waals surface area contributed by atoms with E-state index in [4.69, 9.17) is 0 Å². The van der Waals surface area contributed by atoms with Gasteiger partial charge in [0.2, 0.25) is 11.8 Å². The summed E-state index contributed by atoms with van der Waals surface area (Å²) >= 11 is 0. The van der Waals surface area contributed by atoms with E-state index in [0.29, 0.717) is 42.6 Å². The highest BCUT2D eigenvalue weighted by atomic mass is 16.2. The summed E-state index contributed by atoms with van der Waals surface area (Å²) in [7, 11) is 0. The summed E-state index contributed by atoms with van der Waals surface area (Å²) in [4.78, 5) is 39.8. The van der Waals surface area contributed by atoms with Crippen LogP contribution in [0.25, 0.3) is 5.52 Å². The van der Waals surface area contributed by atoms with Gasteiger partial charge >= 0.3 is 0 Å². The average Bonchev–Trinajstić information content (AvgIpc) is 3.65. The maximum atomic E-state index is 13.0. The molecule has 3 heterocycles. The van der Waals surface area contributed by atoms with Crippen molar-refractivity contribution in [2.45, 2.75) is 76.8 Å². The van der Waals surface area contributed by atoms with E-state index >= 15 is 0 Å².